The van der Waals surface area contributed by atoms with Crippen LogP contribution in [0.25, 0.3) is 10.1 Å². The van der Waals surface area contributed by atoms with Gasteiger partial charge in [-0.3, -0.25) is 9.59 Å². The second kappa shape index (κ2) is 6.22. The third kappa shape index (κ3) is 3.39. The molecule has 0 saturated heterocycles. The largest absolute Gasteiger partial charge is 0.481 e. The maximum atomic E-state index is 13.2. The van der Waals surface area contributed by atoms with Crippen molar-refractivity contribution in [2.75, 3.05) is 13.1 Å². The second-order valence-corrected chi connectivity index (χ2v) is 5.96. The summed E-state index contributed by atoms with van der Waals surface area (Å²) in [7, 11) is 0. The third-order valence-electron chi connectivity index (χ3n) is 3.28. The number of nitrogens with zero attached hydrogens (tertiary/aromatic N) is 1. The Kier molecular flexibility index (Phi) is 4.57. The van der Waals surface area contributed by atoms with Crippen LogP contribution in [0.1, 0.15) is 23.5 Å². The summed E-state index contributed by atoms with van der Waals surface area (Å²) < 4.78 is 13.9. The lowest BCUT2D eigenvalue weighted by Crippen LogP contribution is -2.36. The Hall–Kier alpha value is -1.95. The normalized spacial score (nSPS) is 12.3. The number of carboxylic acids is 1. The molecular weight excluding hydrogens is 293 g/mol. The molecule has 1 aromatic carbocycles. The predicted molar refractivity (Wildman–Crippen MR) is 80.2 cm³/mol. The SMILES string of the molecule is CCN(CC(C)C(=O)O)C(=O)c1cc2ccc(F)cc2s1. The quantitative estimate of drug-likeness (QED) is 0.922. The number of fused-ring (bicyclic) bond motifs is 1. The standard InChI is InChI=1S/C15H16FNO3S/c1-3-17(8-9(2)15(19)20)14(18)13-6-10-4-5-11(16)7-12(10)21-13/h4-7,9H,3,8H2,1-2H3,(H,19,20). The van der Waals surface area contributed by atoms with Crippen molar-refractivity contribution in [2.24, 2.45) is 5.92 Å². The Bertz CT molecular complexity index is 683. The first kappa shape index (κ1) is 15.4. The Morgan fingerprint density at radius 3 is 2.71 bits per heavy atom. The van der Waals surface area contributed by atoms with Gasteiger partial charge in [0, 0.05) is 17.8 Å². The van der Waals surface area contributed by atoms with Crippen LogP contribution in [0.4, 0.5) is 4.39 Å². The molecule has 1 aromatic heterocycles. The maximum Gasteiger partial charge on any atom is 0.308 e. The number of thiophene rings is 1. The maximum absolute atomic E-state index is 13.2. The average Bonchev–Trinajstić information content (AvgIpc) is 2.86. The third-order valence-corrected chi connectivity index (χ3v) is 4.36. The summed E-state index contributed by atoms with van der Waals surface area (Å²) in [6, 6.07) is 6.10. The molecular formula is C15H16FNO3S. The number of amides is 1. The van der Waals surface area contributed by atoms with Crippen LogP contribution >= 0.6 is 11.3 Å². The lowest BCUT2D eigenvalue weighted by Gasteiger charge is -2.22. The van der Waals surface area contributed by atoms with E-state index < -0.39 is 11.9 Å². The van der Waals surface area contributed by atoms with Crippen molar-refractivity contribution in [2.45, 2.75) is 13.8 Å². The highest BCUT2D eigenvalue weighted by Gasteiger charge is 2.21. The van der Waals surface area contributed by atoms with Crippen molar-refractivity contribution in [3.8, 4) is 0 Å². The van der Waals surface area contributed by atoms with Crippen LogP contribution < -0.4 is 0 Å². The minimum atomic E-state index is -0.931. The van der Waals surface area contributed by atoms with E-state index in [-0.39, 0.29) is 18.3 Å². The molecule has 0 saturated carbocycles. The van der Waals surface area contributed by atoms with E-state index in [9.17, 15) is 14.0 Å². The van der Waals surface area contributed by atoms with Gasteiger partial charge < -0.3 is 10.0 Å². The molecule has 0 aliphatic heterocycles. The lowest BCUT2D eigenvalue weighted by atomic mass is 10.1. The van der Waals surface area contributed by atoms with Gasteiger partial charge in [-0.1, -0.05) is 13.0 Å². The Morgan fingerprint density at radius 1 is 1.38 bits per heavy atom. The number of carbonyl (C=O) groups excluding carboxylic acids is 1. The van der Waals surface area contributed by atoms with E-state index in [1.165, 1.54) is 28.4 Å². The van der Waals surface area contributed by atoms with Gasteiger partial charge in [0.15, 0.2) is 0 Å². The fourth-order valence-electron chi connectivity index (χ4n) is 2.03. The molecule has 6 heteroatoms. The van der Waals surface area contributed by atoms with E-state index in [4.69, 9.17) is 5.11 Å². The van der Waals surface area contributed by atoms with Gasteiger partial charge in [0.25, 0.3) is 5.91 Å². The number of aliphatic carboxylic acids is 1. The van der Waals surface area contributed by atoms with Gasteiger partial charge in [-0.25, -0.2) is 4.39 Å². The number of hydrogen-bond donors (Lipinski definition) is 1. The summed E-state index contributed by atoms with van der Waals surface area (Å²) in [6.07, 6.45) is 0. The molecule has 0 spiro atoms. The second-order valence-electron chi connectivity index (χ2n) is 4.88. The fourth-order valence-corrected chi connectivity index (χ4v) is 3.09. The molecule has 0 radical (unpaired) electrons. The summed E-state index contributed by atoms with van der Waals surface area (Å²) in [5.74, 6) is -2.11. The van der Waals surface area contributed by atoms with Gasteiger partial charge >= 0.3 is 5.97 Å². The van der Waals surface area contributed by atoms with Crippen LogP contribution in [0.15, 0.2) is 24.3 Å². The molecule has 1 atom stereocenters. The van der Waals surface area contributed by atoms with Crippen molar-refractivity contribution in [1.29, 1.82) is 0 Å². The van der Waals surface area contributed by atoms with Crippen LogP contribution in [0, 0.1) is 11.7 Å². The van der Waals surface area contributed by atoms with Gasteiger partial charge in [0.2, 0.25) is 0 Å². The predicted octanol–water partition coefficient (Wildman–Crippen LogP) is 3.22. The topological polar surface area (TPSA) is 57.6 Å². The van der Waals surface area contributed by atoms with Gasteiger partial charge in [-0.05, 0) is 30.5 Å². The minimum absolute atomic E-state index is 0.160. The van der Waals surface area contributed by atoms with Crippen molar-refractivity contribution >= 4 is 33.3 Å². The number of carboxylic acid groups (broad SMARTS) is 1. The van der Waals surface area contributed by atoms with Crippen molar-refractivity contribution in [3.63, 3.8) is 0 Å². The highest BCUT2D eigenvalue weighted by Crippen LogP contribution is 2.27. The van der Waals surface area contributed by atoms with Crippen LogP contribution in [-0.4, -0.2) is 35.0 Å². The van der Waals surface area contributed by atoms with Crippen LogP contribution in [0.3, 0.4) is 0 Å². The van der Waals surface area contributed by atoms with E-state index in [0.717, 1.165) is 5.39 Å². The molecule has 1 unspecified atom stereocenters. The number of halogens is 1. The molecule has 0 fully saturated rings. The smallest absolute Gasteiger partial charge is 0.308 e. The average molecular weight is 309 g/mol. The zero-order chi connectivity index (χ0) is 15.6. The van der Waals surface area contributed by atoms with Crippen molar-refractivity contribution < 1.29 is 19.1 Å². The van der Waals surface area contributed by atoms with E-state index in [0.29, 0.717) is 16.1 Å². The number of benzene rings is 1. The lowest BCUT2D eigenvalue weighted by molar-refractivity contribution is -0.141. The summed E-state index contributed by atoms with van der Waals surface area (Å²) in [6.45, 7) is 3.96. The monoisotopic (exact) mass is 309 g/mol. The Labute approximate surface area is 125 Å². The van der Waals surface area contributed by atoms with Crippen LogP contribution in [0.2, 0.25) is 0 Å². The highest BCUT2D eigenvalue weighted by molar-refractivity contribution is 7.20. The molecule has 4 nitrogen and oxygen atoms in total. The van der Waals surface area contributed by atoms with Gasteiger partial charge in [-0.15, -0.1) is 11.3 Å². The summed E-state index contributed by atoms with van der Waals surface area (Å²) in [5, 5.41) is 9.76. The molecule has 0 bridgehead atoms. The van der Waals surface area contributed by atoms with E-state index in [2.05, 4.69) is 0 Å². The molecule has 0 aliphatic rings. The van der Waals surface area contributed by atoms with E-state index in [1.54, 1.807) is 26.0 Å². The van der Waals surface area contributed by atoms with Gasteiger partial charge in [0.1, 0.15) is 5.82 Å². The number of carbonyl (C=O) groups is 2. The summed E-state index contributed by atoms with van der Waals surface area (Å²) >= 11 is 1.22. The van der Waals surface area contributed by atoms with Crippen molar-refractivity contribution in [1.82, 2.24) is 4.90 Å². The Morgan fingerprint density at radius 2 is 2.10 bits per heavy atom. The van der Waals surface area contributed by atoms with Crippen LogP contribution in [-0.2, 0) is 4.79 Å². The van der Waals surface area contributed by atoms with Gasteiger partial charge in [0.05, 0.1) is 10.8 Å². The molecule has 0 aliphatic carbocycles. The van der Waals surface area contributed by atoms with E-state index >= 15 is 0 Å². The first-order valence-electron chi connectivity index (χ1n) is 6.63. The molecule has 112 valence electrons. The number of rotatable bonds is 5. The molecule has 2 aromatic rings. The zero-order valence-corrected chi connectivity index (χ0v) is 12.6. The molecule has 21 heavy (non-hydrogen) atoms. The number of hydrogen-bond acceptors (Lipinski definition) is 3. The Balaban J connectivity index is 2.24. The first-order chi connectivity index (χ1) is 9.92. The summed E-state index contributed by atoms with van der Waals surface area (Å²) in [5.41, 5.74) is 0. The fraction of sp³-hybridized carbons (Fsp3) is 0.333. The first-order valence-corrected chi connectivity index (χ1v) is 7.45. The zero-order valence-electron chi connectivity index (χ0n) is 11.8. The molecule has 2 rings (SSSR count). The van der Waals surface area contributed by atoms with Crippen LogP contribution in [0.5, 0.6) is 0 Å². The highest BCUT2D eigenvalue weighted by atomic mass is 32.1. The summed E-state index contributed by atoms with van der Waals surface area (Å²) in [4.78, 5) is 25.3. The molecule has 1 amide bonds. The molecule has 1 heterocycles. The van der Waals surface area contributed by atoms with E-state index in [1.807, 2.05) is 0 Å². The molecule has 1 N–H and O–H groups in total. The van der Waals surface area contributed by atoms with Gasteiger partial charge in [-0.2, -0.15) is 0 Å². The van der Waals surface area contributed by atoms with Crippen molar-refractivity contribution in [3.05, 3.63) is 35.0 Å². The minimum Gasteiger partial charge on any atom is -0.481 e.